The predicted octanol–water partition coefficient (Wildman–Crippen LogP) is 1.63. The van der Waals surface area contributed by atoms with Crippen LogP contribution in [0.5, 0.6) is 0 Å². The summed E-state index contributed by atoms with van der Waals surface area (Å²) < 4.78 is 23.6. The van der Waals surface area contributed by atoms with E-state index in [4.69, 9.17) is 5.73 Å². The third kappa shape index (κ3) is 2.50. The Morgan fingerprint density at radius 3 is 2.17 bits per heavy atom. The van der Waals surface area contributed by atoms with Crippen molar-refractivity contribution in [3.8, 4) is 11.1 Å². The van der Waals surface area contributed by atoms with Gasteiger partial charge in [-0.1, -0.05) is 24.3 Å². The van der Waals surface area contributed by atoms with E-state index < -0.39 is 9.84 Å². The van der Waals surface area contributed by atoms with Gasteiger partial charge in [-0.15, -0.1) is 0 Å². The first-order valence-corrected chi connectivity index (χ1v) is 9.51. The highest BCUT2D eigenvalue weighted by molar-refractivity contribution is 7.91. The number of carbonyl (C=O) groups excluding carboxylic acids is 1. The predicted molar refractivity (Wildman–Crippen MR) is 93.5 cm³/mol. The molecule has 2 atom stereocenters. The van der Waals surface area contributed by atoms with Crippen molar-refractivity contribution in [3.05, 3.63) is 48.5 Å². The van der Waals surface area contributed by atoms with E-state index in [0.717, 1.165) is 11.1 Å². The molecule has 3 N–H and O–H groups in total. The summed E-state index contributed by atoms with van der Waals surface area (Å²) >= 11 is 0. The quantitative estimate of drug-likeness (QED) is 0.640. The molecular weight excluding hydrogens is 326 g/mol. The molecule has 2 saturated heterocycles. The SMILES string of the molecule is Nc1ccc(-c2ccc(N3C(=O)NC4CS(=O)(=O)CC43)cc2)cc1. The molecular formula is C17H17N3O3S. The van der Waals surface area contributed by atoms with Gasteiger partial charge in [0, 0.05) is 11.4 Å². The highest BCUT2D eigenvalue weighted by Gasteiger charge is 2.49. The molecule has 0 aliphatic carbocycles. The van der Waals surface area contributed by atoms with Crippen LogP contribution in [0.2, 0.25) is 0 Å². The van der Waals surface area contributed by atoms with Crippen molar-refractivity contribution < 1.29 is 13.2 Å². The summed E-state index contributed by atoms with van der Waals surface area (Å²) in [6.07, 6.45) is 0. The summed E-state index contributed by atoms with van der Waals surface area (Å²) in [5, 5.41) is 2.77. The molecule has 2 fully saturated rings. The molecule has 0 bridgehead atoms. The molecule has 2 aromatic carbocycles. The molecule has 124 valence electrons. The standard InChI is InChI=1S/C17H17N3O3S/c18-13-5-1-11(2-6-13)12-3-7-14(8-4-12)20-16-10-24(22,23)9-15(16)19-17(20)21/h1-8,15-16H,9-10,18H2,(H,19,21). The molecule has 2 unspecified atom stereocenters. The fourth-order valence-corrected chi connectivity index (χ4v) is 5.29. The Bertz CT molecular complexity index is 892. The van der Waals surface area contributed by atoms with Crippen molar-refractivity contribution in [1.82, 2.24) is 5.32 Å². The number of nitrogens with one attached hydrogen (secondary N) is 1. The minimum absolute atomic E-state index is 0.0100. The zero-order chi connectivity index (χ0) is 16.9. The largest absolute Gasteiger partial charge is 0.399 e. The van der Waals surface area contributed by atoms with Crippen LogP contribution in [0.3, 0.4) is 0 Å². The van der Waals surface area contributed by atoms with Crippen molar-refractivity contribution in [1.29, 1.82) is 0 Å². The molecule has 6 nitrogen and oxygen atoms in total. The van der Waals surface area contributed by atoms with Crippen LogP contribution in [0.15, 0.2) is 48.5 Å². The van der Waals surface area contributed by atoms with E-state index in [1.54, 1.807) is 4.90 Å². The van der Waals surface area contributed by atoms with Crippen LogP contribution in [0.25, 0.3) is 11.1 Å². The highest BCUT2D eigenvalue weighted by Crippen LogP contribution is 2.31. The maximum Gasteiger partial charge on any atom is 0.322 e. The van der Waals surface area contributed by atoms with E-state index >= 15 is 0 Å². The molecule has 24 heavy (non-hydrogen) atoms. The number of nitrogen functional groups attached to an aromatic ring is 1. The summed E-state index contributed by atoms with van der Waals surface area (Å²) in [6, 6.07) is 14.2. The molecule has 0 spiro atoms. The lowest BCUT2D eigenvalue weighted by atomic mass is 10.0. The van der Waals surface area contributed by atoms with Crippen molar-refractivity contribution in [2.45, 2.75) is 12.1 Å². The number of benzene rings is 2. The molecule has 0 radical (unpaired) electrons. The third-order valence-corrected chi connectivity index (χ3v) is 6.29. The van der Waals surface area contributed by atoms with Crippen molar-refractivity contribution in [3.63, 3.8) is 0 Å². The zero-order valence-corrected chi connectivity index (χ0v) is 13.7. The van der Waals surface area contributed by atoms with Gasteiger partial charge in [0.25, 0.3) is 0 Å². The first-order chi connectivity index (χ1) is 11.4. The topological polar surface area (TPSA) is 92.5 Å². The lowest BCUT2D eigenvalue weighted by molar-refractivity contribution is 0.251. The molecule has 4 rings (SSSR count). The first kappa shape index (κ1) is 15.0. The summed E-state index contributed by atoms with van der Waals surface area (Å²) in [6.45, 7) is 0. The molecule has 0 aromatic heterocycles. The Kier molecular flexibility index (Phi) is 3.28. The normalized spacial score (nSPS) is 24.7. The van der Waals surface area contributed by atoms with Crippen molar-refractivity contribution >= 4 is 27.2 Å². The van der Waals surface area contributed by atoms with Crippen LogP contribution in [0.1, 0.15) is 0 Å². The van der Waals surface area contributed by atoms with Crippen LogP contribution in [0, 0.1) is 0 Å². The summed E-state index contributed by atoms with van der Waals surface area (Å²) in [4.78, 5) is 13.8. The van der Waals surface area contributed by atoms with Gasteiger partial charge in [0.1, 0.15) is 0 Å². The molecule has 2 aliphatic rings. The van der Waals surface area contributed by atoms with Gasteiger partial charge in [0.2, 0.25) is 0 Å². The minimum atomic E-state index is -3.09. The van der Waals surface area contributed by atoms with E-state index in [0.29, 0.717) is 11.4 Å². The number of rotatable bonds is 2. The maximum atomic E-state index is 12.2. The lowest BCUT2D eigenvalue weighted by Crippen LogP contribution is -2.36. The number of carbonyl (C=O) groups is 1. The molecule has 2 heterocycles. The first-order valence-electron chi connectivity index (χ1n) is 7.69. The molecule has 7 heteroatoms. The second kappa shape index (κ2) is 5.24. The average molecular weight is 343 g/mol. The number of fused-ring (bicyclic) bond motifs is 1. The van der Waals surface area contributed by atoms with Crippen LogP contribution >= 0.6 is 0 Å². The van der Waals surface area contributed by atoms with E-state index in [1.165, 1.54) is 0 Å². The number of hydrogen-bond acceptors (Lipinski definition) is 4. The molecule has 2 amide bonds. The van der Waals surface area contributed by atoms with E-state index in [2.05, 4.69) is 5.32 Å². The van der Waals surface area contributed by atoms with Gasteiger partial charge in [-0.3, -0.25) is 4.90 Å². The Labute approximate surface area is 140 Å². The van der Waals surface area contributed by atoms with Crippen molar-refractivity contribution in [2.24, 2.45) is 0 Å². The van der Waals surface area contributed by atoms with Crippen LogP contribution in [-0.2, 0) is 9.84 Å². The smallest absolute Gasteiger partial charge is 0.322 e. The lowest BCUT2D eigenvalue weighted by Gasteiger charge is -2.21. The zero-order valence-electron chi connectivity index (χ0n) is 12.8. The second-order valence-corrected chi connectivity index (χ2v) is 8.39. The van der Waals surface area contributed by atoms with Crippen LogP contribution in [-0.4, -0.2) is 38.0 Å². The average Bonchev–Trinajstić information content (AvgIpc) is 2.98. The second-order valence-electron chi connectivity index (χ2n) is 6.24. The van der Waals surface area contributed by atoms with Gasteiger partial charge >= 0.3 is 6.03 Å². The fraction of sp³-hybridized carbons (Fsp3) is 0.235. The minimum Gasteiger partial charge on any atom is -0.399 e. The van der Waals surface area contributed by atoms with Gasteiger partial charge in [0.15, 0.2) is 9.84 Å². The fourth-order valence-electron chi connectivity index (χ4n) is 3.40. The highest BCUT2D eigenvalue weighted by atomic mass is 32.2. The van der Waals surface area contributed by atoms with Gasteiger partial charge in [0.05, 0.1) is 23.6 Å². The Morgan fingerprint density at radius 1 is 0.958 bits per heavy atom. The molecule has 0 saturated carbocycles. The molecule has 2 aromatic rings. The van der Waals surface area contributed by atoms with E-state index in [-0.39, 0.29) is 29.6 Å². The Hall–Kier alpha value is -2.54. The molecule has 2 aliphatic heterocycles. The number of anilines is 2. The number of hydrogen-bond donors (Lipinski definition) is 2. The summed E-state index contributed by atoms with van der Waals surface area (Å²) in [5.41, 5.74) is 9.15. The van der Waals surface area contributed by atoms with Gasteiger partial charge in [-0.25, -0.2) is 13.2 Å². The number of urea groups is 1. The van der Waals surface area contributed by atoms with Crippen LogP contribution in [0.4, 0.5) is 16.2 Å². The van der Waals surface area contributed by atoms with E-state index in [1.807, 2.05) is 48.5 Å². The Morgan fingerprint density at radius 2 is 1.54 bits per heavy atom. The Balaban J connectivity index is 1.63. The number of nitrogens with two attached hydrogens (primary N) is 1. The number of amides is 2. The van der Waals surface area contributed by atoms with E-state index in [9.17, 15) is 13.2 Å². The summed E-state index contributed by atoms with van der Waals surface area (Å²) in [7, 11) is -3.09. The monoisotopic (exact) mass is 343 g/mol. The maximum absolute atomic E-state index is 12.2. The number of sulfone groups is 1. The van der Waals surface area contributed by atoms with Crippen LogP contribution < -0.4 is 16.0 Å². The van der Waals surface area contributed by atoms with Gasteiger partial charge < -0.3 is 11.1 Å². The van der Waals surface area contributed by atoms with Crippen molar-refractivity contribution in [2.75, 3.05) is 22.1 Å². The van der Waals surface area contributed by atoms with Gasteiger partial charge in [-0.05, 0) is 35.4 Å². The summed E-state index contributed by atoms with van der Waals surface area (Å²) in [5.74, 6) is 0.0273. The third-order valence-electron chi connectivity index (χ3n) is 4.57. The van der Waals surface area contributed by atoms with Gasteiger partial charge in [-0.2, -0.15) is 0 Å². The number of nitrogens with zero attached hydrogens (tertiary/aromatic N) is 1.